The fourth-order valence-corrected chi connectivity index (χ4v) is 2.95. The normalized spacial score (nSPS) is 10.6. The van der Waals surface area contributed by atoms with Crippen molar-refractivity contribution < 1.29 is 9.53 Å². The first-order chi connectivity index (χ1) is 11.6. The van der Waals surface area contributed by atoms with Gasteiger partial charge < -0.3 is 4.74 Å². The molecule has 1 aromatic heterocycles. The largest absolute Gasteiger partial charge is 0.457 e. The summed E-state index contributed by atoms with van der Waals surface area (Å²) >= 11 is 1.49. The Labute approximate surface area is 145 Å². The summed E-state index contributed by atoms with van der Waals surface area (Å²) in [6.07, 6.45) is 1.80. The van der Waals surface area contributed by atoms with E-state index in [0.717, 1.165) is 4.88 Å². The van der Waals surface area contributed by atoms with Crippen LogP contribution in [0.25, 0.3) is 0 Å². The highest BCUT2D eigenvalue weighted by Gasteiger charge is 2.15. The standard InChI is InChI=1S/C19H18N2O2S/c1-13(2)17-12-20-19(24-17)21-18(22)15-10-6-7-11-16(15)23-14-8-4-3-5-9-14/h3-13H,1-2H3,(H,20,21,22). The number of rotatable bonds is 5. The second-order valence-corrected chi connectivity index (χ2v) is 6.65. The van der Waals surface area contributed by atoms with Gasteiger partial charge in [-0.3, -0.25) is 10.1 Å². The number of ether oxygens (including phenoxy) is 1. The summed E-state index contributed by atoms with van der Waals surface area (Å²) in [5.41, 5.74) is 0.475. The van der Waals surface area contributed by atoms with Gasteiger partial charge in [0.1, 0.15) is 11.5 Å². The fourth-order valence-electron chi connectivity index (χ4n) is 2.13. The average Bonchev–Trinajstić information content (AvgIpc) is 3.05. The molecule has 0 aliphatic rings. The lowest BCUT2D eigenvalue weighted by Crippen LogP contribution is -2.12. The highest BCUT2D eigenvalue weighted by atomic mass is 32.1. The lowest BCUT2D eigenvalue weighted by molar-refractivity contribution is 0.102. The van der Waals surface area contributed by atoms with E-state index in [1.165, 1.54) is 11.3 Å². The van der Waals surface area contributed by atoms with Crippen molar-refractivity contribution in [1.82, 2.24) is 4.98 Å². The lowest BCUT2D eigenvalue weighted by atomic mass is 10.2. The van der Waals surface area contributed by atoms with E-state index in [1.807, 2.05) is 42.5 Å². The minimum absolute atomic E-state index is 0.230. The molecular formula is C19H18N2O2S. The number of anilines is 1. The molecule has 122 valence electrons. The SMILES string of the molecule is CC(C)c1cnc(NC(=O)c2ccccc2Oc2ccccc2)s1. The number of hydrogen-bond acceptors (Lipinski definition) is 4. The van der Waals surface area contributed by atoms with Crippen molar-refractivity contribution >= 4 is 22.4 Å². The molecule has 1 N–H and O–H groups in total. The molecule has 4 nitrogen and oxygen atoms in total. The predicted molar refractivity (Wildman–Crippen MR) is 97.1 cm³/mol. The Bertz CT molecular complexity index is 828. The Morgan fingerprint density at radius 3 is 2.50 bits per heavy atom. The van der Waals surface area contributed by atoms with Crippen LogP contribution in [-0.4, -0.2) is 10.9 Å². The van der Waals surface area contributed by atoms with Crippen LogP contribution < -0.4 is 10.1 Å². The molecule has 5 heteroatoms. The van der Waals surface area contributed by atoms with Gasteiger partial charge in [0, 0.05) is 11.1 Å². The minimum atomic E-state index is -0.230. The average molecular weight is 338 g/mol. The van der Waals surface area contributed by atoms with Crippen LogP contribution in [0, 0.1) is 0 Å². The van der Waals surface area contributed by atoms with Gasteiger partial charge in [-0.25, -0.2) is 4.98 Å². The summed E-state index contributed by atoms with van der Waals surface area (Å²) in [5.74, 6) is 1.36. The number of carbonyl (C=O) groups is 1. The molecule has 1 heterocycles. The first kappa shape index (κ1) is 16.2. The number of aromatic nitrogens is 1. The summed E-state index contributed by atoms with van der Waals surface area (Å²) in [4.78, 5) is 18.0. The van der Waals surface area contributed by atoms with E-state index in [1.54, 1.807) is 18.3 Å². The van der Waals surface area contributed by atoms with Gasteiger partial charge in [0.05, 0.1) is 5.56 Å². The zero-order chi connectivity index (χ0) is 16.9. The van der Waals surface area contributed by atoms with E-state index in [-0.39, 0.29) is 5.91 Å². The molecule has 0 fully saturated rings. The number of thiazole rings is 1. The first-order valence-corrected chi connectivity index (χ1v) is 8.54. The first-order valence-electron chi connectivity index (χ1n) is 7.72. The van der Waals surface area contributed by atoms with Gasteiger partial charge in [-0.05, 0) is 30.2 Å². The van der Waals surface area contributed by atoms with Gasteiger partial charge in [0.15, 0.2) is 5.13 Å². The number of carbonyl (C=O) groups excluding carboxylic acids is 1. The maximum Gasteiger partial charge on any atom is 0.261 e. The lowest BCUT2D eigenvalue weighted by Gasteiger charge is -2.10. The van der Waals surface area contributed by atoms with Gasteiger partial charge in [0.25, 0.3) is 5.91 Å². The van der Waals surface area contributed by atoms with Gasteiger partial charge in [-0.1, -0.05) is 44.2 Å². The topological polar surface area (TPSA) is 51.2 Å². The molecule has 0 atom stereocenters. The van der Waals surface area contributed by atoms with E-state index >= 15 is 0 Å². The maximum atomic E-state index is 12.6. The highest BCUT2D eigenvalue weighted by molar-refractivity contribution is 7.15. The quantitative estimate of drug-likeness (QED) is 0.686. The predicted octanol–water partition coefficient (Wildman–Crippen LogP) is 5.31. The third kappa shape index (κ3) is 3.81. The summed E-state index contributed by atoms with van der Waals surface area (Å²) < 4.78 is 5.83. The molecule has 0 unspecified atom stereocenters. The number of nitrogens with zero attached hydrogens (tertiary/aromatic N) is 1. The summed E-state index contributed by atoms with van der Waals surface area (Å²) in [7, 11) is 0. The van der Waals surface area contributed by atoms with Crippen LogP contribution in [0.15, 0.2) is 60.8 Å². The van der Waals surface area contributed by atoms with Crippen molar-refractivity contribution in [3.05, 3.63) is 71.2 Å². The van der Waals surface area contributed by atoms with Crippen molar-refractivity contribution in [2.75, 3.05) is 5.32 Å². The smallest absolute Gasteiger partial charge is 0.261 e. The number of amides is 1. The van der Waals surface area contributed by atoms with E-state index in [9.17, 15) is 4.79 Å². The number of nitrogens with one attached hydrogen (secondary N) is 1. The third-order valence-electron chi connectivity index (χ3n) is 3.42. The Kier molecular flexibility index (Phi) is 4.91. The van der Waals surface area contributed by atoms with Crippen LogP contribution in [0.1, 0.15) is 35.0 Å². The summed E-state index contributed by atoms with van der Waals surface area (Å²) in [5, 5.41) is 3.44. The minimum Gasteiger partial charge on any atom is -0.457 e. The van der Waals surface area contributed by atoms with Crippen molar-refractivity contribution in [1.29, 1.82) is 0 Å². The van der Waals surface area contributed by atoms with Crippen LogP contribution in [-0.2, 0) is 0 Å². The summed E-state index contributed by atoms with van der Waals surface area (Å²) in [6, 6.07) is 16.6. The molecule has 24 heavy (non-hydrogen) atoms. The molecular weight excluding hydrogens is 320 g/mol. The molecule has 1 amide bonds. The third-order valence-corrected chi connectivity index (χ3v) is 4.63. The molecule has 3 aromatic rings. The van der Waals surface area contributed by atoms with Gasteiger partial charge in [0.2, 0.25) is 0 Å². The van der Waals surface area contributed by atoms with Crippen molar-refractivity contribution in [2.24, 2.45) is 0 Å². The van der Waals surface area contributed by atoms with Gasteiger partial charge >= 0.3 is 0 Å². The zero-order valence-corrected chi connectivity index (χ0v) is 14.3. The van der Waals surface area contributed by atoms with Crippen LogP contribution >= 0.6 is 11.3 Å². The van der Waals surface area contributed by atoms with E-state index in [2.05, 4.69) is 24.1 Å². The van der Waals surface area contributed by atoms with Crippen LogP contribution in [0.4, 0.5) is 5.13 Å². The Balaban J connectivity index is 1.79. The number of hydrogen-bond donors (Lipinski definition) is 1. The summed E-state index contributed by atoms with van der Waals surface area (Å²) in [6.45, 7) is 4.20. The second kappa shape index (κ2) is 7.27. The van der Waals surface area contributed by atoms with E-state index < -0.39 is 0 Å². The maximum absolute atomic E-state index is 12.6. The molecule has 0 aliphatic heterocycles. The van der Waals surface area contributed by atoms with Crippen molar-refractivity contribution in [3.63, 3.8) is 0 Å². The Morgan fingerprint density at radius 1 is 1.08 bits per heavy atom. The fraction of sp³-hybridized carbons (Fsp3) is 0.158. The molecule has 0 aliphatic carbocycles. The molecule has 0 saturated heterocycles. The molecule has 0 spiro atoms. The molecule has 0 bridgehead atoms. The molecule has 0 radical (unpaired) electrons. The molecule has 0 saturated carbocycles. The highest BCUT2D eigenvalue weighted by Crippen LogP contribution is 2.28. The molecule has 2 aromatic carbocycles. The van der Waals surface area contributed by atoms with Crippen molar-refractivity contribution in [2.45, 2.75) is 19.8 Å². The Hall–Kier alpha value is -2.66. The van der Waals surface area contributed by atoms with E-state index in [4.69, 9.17) is 4.74 Å². The number of benzene rings is 2. The Morgan fingerprint density at radius 2 is 1.79 bits per heavy atom. The van der Waals surface area contributed by atoms with Crippen LogP contribution in [0.3, 0.4) is 0 Å². The van der Waals surface area contributed by atoms with Gasteiger partial charge in [-0.15, -0.1) is 11.3 Å². The van der Waals surface area contributed by atoms with Gasteiger partial charge in [-0.2, -0.15) is 0 Å². The zero-order valence-electron chi connectivity index (χ0n) is 13.5. The molecule has 3 rings (SSSR count). The van der Waals surface area contributed by atoms with E-state index in [0.29, 0.717) is 28.1 Å². The number of para-hydroxylation sites is 2. The second-order valence-electron chi connectivity index (χ2n) is 5.59. The van der Waals surface area contributed by atoms with Crippen LogP contribution in [0.2, 0.25) is 0 Å². The monoisotopic (exact) mass is 338 g/mol. The van der Waals surface area contributed by atoms with Crippen molar-refractivity contribution in [3.8, 4) is 11.5 Å². The van der Waals surface area contributed by atoms with Crippen LogP contribution in [0.5, 0.6) is 11.5 Å².